The molecule has 2 heterocycles. The average molecular weight is 398 g/mol. The number of nitrogens with one attached hydrogen (secondary N) is 2. The molecule has 1 aliphatic rings. The van der Waals surface area contributed by atoms with E-state index in [0.29, 0.717) is 23.9 Å². The minimum Gasteiger partial charge on any atom is -0.352 e. The van der Waals surface area contributed by atoms with Gasteiger partial charge in [-0.15, -0.1) is 0 Å². The van der Waals surface area contributed by atoms with Crippen LogP contribution in [-0.4, -0.2) is 33.1 Å². The van der Waals surface area contributed by atoms with Gasteiger partial charge in [0.05, 0.1) is 23.5 Å². The van der Waals surface area contributed by atoms with Crippen molar-refractivity contribution in [3.63, 3.8) is 0 Å². The lowest BCUT2D eigenvalue weighted by Crippen LogP contribution is -2.36. The summed E-state index contributed by atoms with van der Waals surface area (Å²) >= 11 is 0. The van der Waals surface area contributed by atoms with E-state index in [1.165, 1.54) is 0 Å². The van der Waals surface area contributed by atoms with Gasteiger partial charge in [-0.1, -0.05) is 6.07 Å². The molecule has 29 heavy (non-hydrogen) atoms. The number of amides is 2. The summed E-state index contributed by atoms with van der Waals surface area (Å²) in [5.74, 6) is 0.725. The highest BCUT2D eigenvalue weighted by Crippen LogP contribution is 2.36. The molecule has 0 aromatic carbocycles. The zero-order valence-corrected chi connectivity index (χ0v) is 17.5. The second-order valence-corrected chi connectivity index (χ2v) is 8.23. The lowest BCUT2D eigenvalue weighted by atomic mass is 9.77. The highest BCUT2D eigenvalue weighted by atomic mass is 16.2. The summed E-state index contributed by atoms with van der Waals surface area (Å²) in [5, 5.41) is 10.4. The zero-order chi connectivity index (χ0) is 20.8. The fourth-order valence-electron chi connectivity index (χ4n) is 4.01. The molecule has 0 radical (unpaired) electrons. The molecular weight excluding hydrogens is 366 g/mol. The van der Waals surface area contributed by atoms with Crippen molar-refractivity contribution in [3.05, 3.63) is 48.0 Å². The molecule has 2 aromatic heterocycles. The number of rotatable bonds is 7. The number of hydrogen-bond acceptors (Lipinski definition) is 4. The molecule has 0 bridgehead atoms. The van der Waals surface area contributed by atoms with E-state index in [1.807, 2.05) is 32.0 Å². The first-order valence-corrected chi connectivity index (χ1v) is 10.4. The van der Waals surface area contributed by atoms with Crippen LogP contribution in [0.4, 0.5) is 0 Å². The molecule has 156 valence electrons. The Morgan fingerprint density at radius 3 is 2.55 bits per heavy atom. The van der Waals surface area contributed by atoms with Crippen molar-refractivity contribution in [2.75, 3.05) is 6.54 Å². The molecule has 1 saturated carbocycles. The molecule has 0 saturated heterocycles. The van der Waals surface area contributed by atoms with Gasteiger partial charge in [0, 0.05) is 31.9 Å². The maximum Gasteiger partial charge on any atom is 0.254 e. The van der Waals surface area contributed by atoms with E-state index in [4.69, 9.17) is 0 Å². The monoisotopic (exact) mass is 397 g/mol. The second kappa shape index (κ2) is 9.67. The van der Waals surface area contributed by atoms with E-state index in [9.17, 15) is 9.59 Å². The number of carbonyl (C=O) groups excluding carboxylic acids is 2. The van der Waals surface area contributed by atoms with Gasteiger partial charge in [0.25, 0.3) is 5.91 Å². The van der Waals surface area contributed by atoms with Crippen molar-refractivity contribution in [1.82, 2.24) is 25.4 Å². The van der Waals surface area contributed by atoms with Crippen LogP contribution in [0.3, 0.4) is 0 Å². The van der Waals surface area contributed by atoms with Gasteiger partial charge in [-0.05, 0) is 63.5 Å². The summed E-state index contributed by atoms with van der Waals surface area (Å²) in [4.78, 5) is 28.5. The maximum absolute atomic E-state index is 12.4. The van der Waals surface area contributed by atoms with Crippen LogP contribution >= 0.6 is 0 Å². The molecule has 0 unspecified atom stereocenters. The van der Waals surface area contributed by atoms with Gasteiger partial charge in [0.1, 0.15) is 0 Å². The lowest BCUT2D eigenvalue weighted by Gasteiger charge is -2.34. The Kier molecular flexibility index (Phi) is 7.01. The average Bonchev–Trinajstić information content (AvgIpc) is 3.22. The summed E-state index contributed by atoms with van der Waals surface area (Å²) in [6.07, 6.45) is 9.25. The summed E-state index contributed by atoms with van der Waals surface area (Å²) in [6.45, 7) is 6.30. The molecule has 2 N–H and O–H groups in total. The predicted molar refractivity (Wildman–Crippen MR) is 111 cm³/mol. The molecule has 2 amide bonds. The molecule has 7 nitrogen and oxygen atoms in total. The van der Waals surface area contributed by atoms with Crippen LogP contribution in [0.2, 0.25) is 0 Å². The second-order valence-electron chi connectivity index (χ2n) is 8.23. The lowest BCUT2D eigenvalue weighted by molar-refractivity contribution is -0.120. The normalized spacial score (nSPS) is 20.3. The Balaban J connectivity index is 1.51. The minimum atomic E-state index is -0.0661. The van der Waals surface area contributed by atoms with Gasteiger partial charge in [-0.3, -0.25) is 19.3 Å². The van der Waals surface area contributed by atoms with Crippen molar-refractivity contribution >= 4 is 11.8 Å². The Hall–Kier alpha value is -2.70. The van der Waals surface area contributed by atoms with Gasteiger partial charge in [-0.25, -0.2) is 0 Å². The molecule has 1 aliphatic carbocycles. The fourth-order valence-corrected chi connectivity index (χ4v) is 4.01. The number of carbonyl (C=O) groups is 2. The van der Waals surface area contributed by atoms with Gasteiger partial charge in [-0.2, -0.15) is 5.10 Å². The molecule has 2 aromatic rings. The maximum atomic E-state index is 12.4. The summed E-state index contributed by atoms with van der Waals surface area (Å²) in [6, 6.07) is 6.01. The van der Waals surface area contributed by atoms with Crippen LogP contribution in [0.5, 0.6) is 0 Å². The van der Waals surface area contributed by atoms with E-state index in [1.54, 1.807) is 30.2 Å². The third kappa shape index (κ3) is 5.65. The van der Waals surface area contributed by atoms with Crippen LogP contribution in [0.1, 0.15) is 74.6 Å². The number of aromatic nitrogens is 3. The molecule has 3 rings (SSSR count). The third-order valence-corrected chi connectivity index (χ3v) is 5.67. The van der Waals surface area contributed by atoms with Crippen molar-refractivity contribution in [3.8, 4) is 0 Å². The molecular formula is C22H31N5O2. The SMILES string of the molecule is CC(=O)N[C@H](c1ccccn1)C1CCC(CNC(=O)c2cnn(C(C)C)c2)CC1. The summed E-state index contributed by atoms with van der Waals surface area (Å²) in [7, 11) is 0. The first-order valence-electron chi connectivity index (χ1n) is 10.4. The Bertz CT molecular complexity index is 810. The predicted octanol–water partition coefficient (Wildman–Crippen LogP) is 3.27. The van der Waals surface area contributed by atoms with Crippen molar-refractivity contribution in [2.24, 2.45) is 11.8 Å². The molecule has 0 aliphatic heterocycles. The zero-order valence-electron chi connectivity index (χ0n) is 17.5. The van der Waals surface area contributed by atoms with E-state index in [2.05, 4.69) is 20.7 Å². The van der Waals surface area contributed by atoms with Gasteiger partial charge in [0.15, 0.2) is 0 Å². The van der Waals surface area contributed by atoms with Crippen LogP contribution < -0.4 is 10.6 Å². The van der Waals surface area contributed by atoms with Crippen LogP contribution in [0.15, 0.2) is 36.8 Å². The van der Waals surface area contributed by atoms with E-state index in [-0.39, 0.29) is 23.9 Å². The van der Waals surface area contributed by atoms with Crippen molar-refractivity contribution in [1.29, 1.82) is 0 Å². The number of hydrogen-bond donors (Lipinski definition) is 2. The molecule has 0 spiro atoms. The van der Waals surface area contributed by atoms with Gasteiger partial charge >= 0.3 is 0 Å². The quantitative estimate of drug-likeness (QED) is 0.750. The highest BCUT2D eigenvalue weighted by Gasteiger charge is 2.30. The van der Waals surface area contributed by atoms with Gasteiger partial charge in [0.2, 0.25) is 5.91 Å². The topological polar surface area (TPSA) is 88.9 Å². The summed E-state index contributed by atoms with van der Waals surface area (Å²) < 4.78 is 1.79. The Morgan fingerprint density at radius 2 is 1.97 bits per heavy atom. The van der Waals surface area contributed by atoms with E-state index in [0.717, 1.165) is 31.4 Å². The standard InChI is InChI=1S/C22H31N5O2/c1-15(2)27-14-19(13-25-27)22(29)24-12-17-7-9-18(10-8-17)21(26-16(3)28)20-6-4-5-11-23-20/h4-6,11,13-15,17-18,21H,7-10,12H2,1-3H3,(H,24,29)(H,26,28)/t17?,18?,21-/m0/s1. The van der Waals surface area contributed by atoms with Crippen molar-refractivity contribution in [2.45, 2.75) is 58.5 Å². The highest BCUT2D eigenvalue weighted by molar-refractivity contribution is 5.93. The largest absolute Gasteiger partial charge is 0.352 e. The van der Waals surface area contributed by atoms with Crippen LogP contribution in [0.25, 0.3) is 0 Å². The third-order valence-electron chi connectivity index (χ3n) is 5.67. The molecule has 7 heteroatoms. The first-order chi connectivity index (χ1) is 13.9. The summed E-state index contributed by atoms with van der Waals surface area (Å²) in [5.41, 5.74) is 1.52. The number of nitrogens with zero attached hydrogens (tertiary/aromatic N) is 3. The minimum absolute atomic E-state index is 0.0306. The van der Waals surface area contributed by atoms with E-state index < -0.39 is 0 Å². The van der Waals surface area contributed by atoms with E-state index >= 15 is 0 Å². The van der Waals surface area contributed by atoms with Crippen LogP contribution in [-0.2, 0) is 4.79 Å². The Labute approximate surface area is 172 Å². The van der Waals surface area contributed by atoms with Crippen LogP contribution in [0, 0.1) is 11.8 Å². The number of pyridine rings is 1. The molecule has 1 atom stereocenters. The van der Waals surface area contributed by atoms with Crippen molar-refractivity contribution < 1.29 is 9.59 Å². The first kappa shape index (κ1) is 21.0. The molecule has 1 fully saturated rings. The van der Waals surface area contributed by atoms with Gasteiger partial charge < -0.3 is 10.6 Å². The smallest absolute Gasteiger partial charge is 0.254 e. The Morgan fingerprint density at radius 1 is 1.21 bits per heavy atom. The fraction of sp³-hybridized carbons (Fsp3) is 0.545.